The third-order valence-corrected chi connectivity index (χ3v) is 6.11. The molecule has 0 aromatic heterocycles. The van der Waals surface area contributed by atoms with E-state index in [-0.39, 0.29) is 12.5 Å². The Morgan fingerprint density at radius 1 is 1.14 bits per heavy atom. The first-order valence-electron chi connectivity index (χ1n) is 12.6. The maximum absolute atomic E-state index is 13.8. The molecule has 0 saturated heterocycles. The summed E-state index contributed by atoms with van der Waals surface area (Å²) >= 11 is 1.54. The summed E-state index contributed by atoms with van der Waals surface area (Å²) in [6.45, 7) is 9.53. The van der Waals surface area contributed by atoms with Gasteiger partial charge in [0, 0.05) is 6.54 Å². The second kappa shape index (κ2) is 16.1. The number of alkyl carbamates (subject to hydrolysis) is 1. The standard InChI is InChI=1S/C27H42N4O4S/c1-7-9-10-17-29-24(32)23(21-13-11-20(8-2)12-14-21)31(18-16-28)25(33)22(15-19-36-6)30-26(34)35-27(3,4)5/h11-14,22-23H,7-10,15,17-19H2,1-6H3,(H,29,32)(H,30,34). The molecule has 2 atom stereocenters. The van der Waals surface area contributed by atoms with Crippen molar-refractivity contribution in [1.29, 1.82) is 5.26 Å². The van der Waals surface area contributed by atoms with Crippen molar-refractivity contribution in [1.82, 2.24) is 15.5 Å². The fourth-order valence-corrected chi connectivity index (χ4v) is 4.08. The Labute approximate surface area is 220 Å². The van der Waals surface area contributed by atoms with Crippen molar-refractivity contribution in [2.45, 2.75) is 84.4 Å². The molecule has 9 heteroatoms. The zero-order valence-corrected chi connectivity index (χ0v) is 23.4. The molecule has 1 aromatic carbocycles. The van der Waals surface area contributed by atoms with Crippen molar-refractivity contribution in [3.63, 3.8) is 0 Å². The Kier molecular flexibility index (Phi) is 14.0. The number of nitriles is 1. The molecule has 0 bridgehead atoms. The van der Waals surface area contributed by atoms with E-state index in [1.807, 2.05) is 43.5 Å². The van der Waals surface area contributed by atoms with Crippen molar-refractivity contribution in [3.8, 4) is 6.07 Å². The van der Waals surface area contributed by atoms with E-state index >= 15 is 0 Å². The Balaban J connectivity index is 3.34. The molecular weight excluding hydrogens is 476 g/mol. The highest BCUT2D eigenvalue weighted by Gasteiger charge is 2.36. The monoisotopic (exact) mass is 518 g/mol. The number of nitrogens with zero attached hydrogens (tertiary/aromatic N) is 2. The number of carbonyl (C=O) groups is 3. The summed E-state index contributed by atoms with van der Waals surface area (Å²) in [5, 5.41) is 15.2. The number of nitrogens with one attached hydrogen (secondary N) is 2. The molecule has 1 rings (SSSR count). The highest BCUT2D eigenvalue weighted by molar-refractivity contribution is 7.98. The van der Waals surface area contributed by atoms with Gasteiger partial charge in [0.15, 0.2) is 0 Å². The molecule has 2 N–H and O–H groups in total. The van der Waals surface area contributed by atoms with E-state index in [1.54, 1.807) is 20.8 Å². The summed E-state index contributed by atoms with van der Waals surface area (Å²) in [5.41, 5.74) is 0.985. The van der Waals surface area contributed by atoms with Crippen LogP contribution in [-0.2, 0) is 20.7 Å². The number of amides is 3. The number of rotatable bonds is 14. The molecule has 0 aliphatic heterocycles. The molecule has 0 aliphatic rings. The number of thioether (sulfide) groups is 1. The van der Waals surface area contributed by atoms with Crippen LogP contribution in [0, 0.1) is 11.3 Å². The van der Waals surface area contributed by atoms with Gasteiger partial charge in [0.25, 0.3) is 0 Å². The first-order valence-corrected chi connectivity index (χ1v) is 14.0. The fraction of sp³-hybridized carbons (Fsp3) is 0.630. The Bertz CT molecular complexity index is 877. The van der Waals surface area contributed by atoms with Crippen molar-refractivity contribution in [2.24, 2.45) is 0 Å². The smallest absolute Gasteiger partial charge is 0.408 e. The van der Waals surface area contributed by atoms with Crippen LogP contribution in [0.25, 0.3) is 0 Å². The Morgan fingerprint density at radius 2 is 1.81 bits per heavy atom. The van der Waals surface area contributed by atoms with Crippen molar-refractivity contribution >= 4 is 29.7 Å². The van der Waals surface area contributed by atoms with Gasteiger partial charge in [0.05, 0.1) is 6.07 Å². The second-order valence-corrected chi connectivity index (χ2v) is 10.6. The molecular formula is C27H42N4O4S. The molecule has 0 fully saturated rings. The molecule has 1 aromatic rings. The van der Waals surface area contributed by atoms with Crippen LogP contribution in [0.2, 0.25) is 0 Å². The third-order valence-electron chi connectivity index (χ3n) is 5.47. The van der Waals surface area contributed by atoms with Crippen LogP contribution in [0.5, 0.6) is 0 Å². The van der Waals surface area contributed by atoms with Gasteiger partial charge >= 0.3 is 6.09 Å². The van der Waals surface area contributed by atoms with E-state index in [1.165, 1.54) is 16.7 Å². The van der Waals surface area contributed by atoms with Gasteiger partial charge in [-0.3, -0.25) is 9.59 Å². The summed E-state index contributed by atoms with van der Waals surface area (Å²) < 4.78 is 5.36. The minimum Gasteiger partial charge on any atom is -0.444 e. The molecule has 8 nitrogen and oxygen atoms in total. The van der Waals surface area contributed by atoms with Crippen LogP contribution in [0.3, 0.4) is 0 Å². The minimum absolute atomic E-state index is 0.298. The molecule has 0 saturated carbocycles. The van der Waals surface area contributed by atoms with Gasteiger partial charge < -0.3 is 20.3 Å². The molecule has 2 unspecified atom stereocenters. The fourth-order valence-electron chi connectivity index (χ4n) is 3.61. The largest absolute Gasteiger partial charge is 0.444 e. The average molecular weight is 519 g/mol. The number of benzene rings is 1. The average Bonchev–Trinajstić information content (AvgIpc) is 2.83. The Hall–Kier alpha value is -2.73. The van der Waals surface area contributed by atoms with Gasteiger partial charge in [-0.15, -0.1) is 0 Å². The van der Waals surface area contributed by atoms with Gasteiger partial charge in [-0.2, -0.15) is 17.0 Å². The van der Waals surface area contributed by atoms with E-state index in [9.17, 15) is 19.6 Å². The van der Waals surface area contributed by atoms with Crippen LogP contribution in [0.1, 0.15) is 77.5 Å². The zero-order valence-electron chi connectivity index (χ0n) is 22.6. The lowest BCUT2D eigenvalue weighted by atomic mass is 10.00. The third kappa shape index (κ3) is 10.9. The zero-order chi connectivity index (χ0) is 27.1. The minimum atomic E-state index is -0.998. The first-order chi connectivity index (χ1) is 17.1. The molecule has 0 radical (unpaired) electrons. The van der Waals surface area contributed by atoms with Crippen molar-refractivity contribution in [3.05, 3.63) is 35.4 Å². The van der Waals surface area contributed by atoms with Gasteiger partial charge in [0.2, 0.25) is 11.8 Å². The first kappa shape index (κ1) is 31.3. The number of carbonyl (C=O) groups excluding carboxylic acids is 3. The van der Waals surface area contributed by atoms with Crippen molar-refractivity contribution < 1.29 is 19.1 Å². The summed E-state index contributed by atoms with van der Waals surface area (Å²) in [6.07, 6.45) is 5.19. The van der Waals surface area contributed by atoms with Crippen LogP contribution in [-0.4, -0.2) is 59.5 Å². The molecule has 200 valence electrons. The highest BCUT2D eigenvalue weighted by atomic mass is 32.2. The second-order valence-electron chi connectivity index (χ2n) is 9.60. The van der Waals surface area contributed by atoms with Crippen LogP contribution in [0.15, 0.2) is 24.3 Å². The molecule has 0 aliphatic carbocycles. The van der Waals surface area contributed by atoms with E-state index in [4.69, 9.17) is 4.74 Å². The maximum Gasteiger partial charge on any atom is 0.408 e. The number of unbranched alkanes of at least 4 members (excludes halogenated alkanes) is 2. The number of hydrogen-bond acceptors (Lipinski definition) is 6. The molecule has 3 amide bonds. The Morgan fingerprint density at radius 3 is 2.33 bits per heavy atom. The van der Waals surface area contributed by atoms with E-state index < -0.39 is 29.7 Å². The summed E-state index contributed by atoms with van der Waals surface area (Å²) in [7, 11) is 0. The number of ether oxygens (including phenoxy) is 1. The topological polar surface area (TPSA) is 112 Å². The van der Waals surface area contributed by atoms with Gasteiger partial charge in [-0.05, 0) is 63.2 Å². The normalized spacial score (nSPS) is 12.7. The van der Waals surface area contributed by atoms with Crippen molar-refractivity contribution in [2.75, 3.05) is 25.1 Å². The number of hydrogen-bond donors (Lipinski definition) is 2. The van der Waals surface area contributed by atoms with E-state index in [2.05, 4.69) is 17.6 Å². The molecule has 0 heterocycles. The van der Waals surface area contributed by atoms with Gasteiger partial charge in [0.1, 0.15) is 24.2 Å². The highest BCUT2D eigenvalue weighted by Crippen LogP contribution is 2.24. The SMILES string of the molecule is CCCCCNC(=O)C(c1ccc(CC)cc1)N(CC#N)C(=O)C(CCSC)NC(=O)OC(C)(C)C. The maximum atomic E-state index is 13.8. The molecule has 36 heavy (non-hydrogen) atoms. The summed E-state index contributed by atoms with van der Waals surface area (Å²) in [6, 6.07) is 7.59. The van der Waals surface area contributed by atoms with Crippen LogP contribution < -0.4 is 10.6 Å². The van der Waals surface area contributed by atoms with Gasteiger partial charge in [-0.25, -0.2) is 4.79 Å². The number of aryl methyl sites for hydroxylation is 1. The predicted molar refractivity (Wildman–Crippen MR) is 145 cm³/mol. The summed E-state index contributed by atoms with van der Waals surface area (Å²) in [4.78, 5) is 40.9. The lowest BCUT2D eigenvalue weighted by Crippen LogP contribution is -2.53. The predicted octanol–water partition coefficient (Wildman–Crippen LogP) is 4.60. The van der Waals surface area contributed by atoms with Gasteiger partial charge in [-0.1, -0.05) is 51.0 Å². The molecule has 0 spiro atoms. The van der Waals surface area contributed by atoms with E-state index in [0.29, 0.717) is 24.3 Å². The lowest BCUT2D eigenvalue weighted by Gasteiger charge is -2.33. The quantitative estimate of drug-likeness (QED) is 0.275. The lowest BCUT2D eigenvalue weighted by molar-refractivity contribution is -0.141. The van der Waals surface area contributed by atoms with E-state index in [0.717, 1.165) is 31.2 Å². The van der Waals surface area contributed by atoms with Crippen LogP contribution >= 0.6 is 11.8 Å². The summed E-state index contributed by atoms with van der Waals surface area (Å²) in [5.74, 6) is -0.240. The van der Waals surface area contributed by atoms with Crippen LogP contribution in [0.4, 0.5) is 4.79 Å².